The SMILES string of the molecule is CCc1c(NN)ncnc1NCc1cc(Br)cs1. The van der Waals surface area contributed by atoms with Crippen LogP contribution in [-0.4, -0.2) is 9.97 Å². The van der Waals surface area contributed by atoms with Crippen LogP contribution in [0.25, 0.3) is 0 Å². The van der Waals surface area contributed by atoms with Gasteiger partial charge in [-0.05, 0) is 28.4 Å². The van der Waals surface area contributed by atoms with Gasteiger partial charge < -0.3 is 10.7 Å². The van der Waals surface area contributed by atoms with Gasteiger partial charge in [0.1, 0.15) is 18.0 Å². The van der Waals surface area contributed by atoms with Gasteiger partial charge in [0, 0.05) is 20.3 Å². The van der Waals surface area contributed by atoms with Gasteiger partial charge in [-0.2, -0.15) is 0 Å². The number of nitrogens with two attached hydrogens (primary N) is 1. The second kappa shape index (κ2) is 6.12. The molecule has 0 amide bonds. The Balaban J connectivity index is 2.13. The molecule has 0 aliphatic heterocycles. The van der Waals surface area contributed by atoms with Crippen molar-refractivity contribution in [1.29, 1.82) is 0 Å². The smallest absolute Gasteiger partial charge is 0.148 e. The summed E-state index contributed by atoms with van der Waals surface area (Å²) in [4.78, 5) is 9.59. The van der Waals surface area contributed by atoms with E-state index in [9.17, 15) is 0 Å². The summed E-state index contributed by atoms with van der Waals surface area (Å²) in [7, 11) is 0. The van der Waals surface area contributed by atoms with Crippen LogP contribution in [0.2, 0.25) is 0 Å². The highest BCUT2D eigenvalue weighted by Crippen LogP contribution is 2.23. The van der Waals surface area contributed by atoms with Crippen molar-refractivity contribution in [2.75, 3.05) is 10.7 Å². The molecule has 4 N–H and O–H groups in total. The highest BCUT2D eigenvalue weighted by molar-refractivity contribution is 9.10. The van der Waals surface area contributed by atoms with Crippen LogP contribution in [0.3, 0.4) is 0 Å². The number of thiophene rings is 1. The lowest BCUT2D eigenvalue weighted by Gasteiger charge is -2.11. The molecule has 0 radical (unpaired) electrons. The molecule has 7 heteroatoms. The predicted octanol–water partition coefficient (Wildman–Crippen LogP) is 2.76. The second-order valence-electron chi connectivity index (χ2n) is 3.63. The molecule has 18 heavy (non-hydrogen) atoms. The zero-order valence-electron chi connectivity index (χ0n) is 9.90. The summed E-state index contributed by atoms with van der Waals surface area (Å²) >= 11 is 5.14. The van der Waals surface area contributed by atoms with Gasteiger partial charge in [-0.3, -0.25) is 0 Å². The minimum atomic E-state index is 0.669. The maximum Gasteiger partial charge on any atom is 0.148 e. The van der Waals surface area contributed by atoms with E-state index in [0.29, 0.717) is 5.82 Å². The number of nitrogens with zero attached hydrogens (tertiary/aromatic N) is 2. The Labute approximate surface area is 118 Å². The first-order chi connectivity index (χ1) is 8.74. The van der Waals surface area contributed by atoms with Crippen LogP contribution in [0, 0.1) is 0 Å². The first-order valence-corrected chi connectivity index (χ1v) is 7.19. The highest BCUT2D eigenvalue weighted by atomic mass is 79.9. The molecule has 2 aromatic heterocycles. The van der Waals surface area contributed by atoms with Gasteiger partial charge in [0.05, 0.1) is 6.54 Å². The number of halogens is 1. The van der Waals surface area contributed by atoms with Gasteiger partial charge in [0.2, 0.25) is 0 Å². The number of hydrogen-bond donors (Lipinski definition) is 3. The third-order valence-electron chi connectivity index (χ3n) is 2.49. The molecule has 0 aromatic carbocycles. The Morgan fingerprint density at radius 3 is 2.78 bits per heavy atom. The van der Waals surface area contributed by atoms with Crippen molar-refractivity contribution in [2.24, 2.45) is 5.84 Å². The highest BCUT2D eigenvalue weighted by Gasteiger charge is 2.08. The van der Waals surface area contributed by atoms with E-state index in [1.807, 2.05) is 6.92 Å². The predicted molar refractivity (Wildman–Crippen MR) is 78.6 cm³/mol. The number of rotatable bonds is 5. The molecule has 0 spiro atoms. The summed E-state index contributed by atoms with van der Waals surface area (Å²) in [6.07, 6.45) is 2.32. The van der Waals surface area contributed by atoms with Crippen molar-refractivity contribution in [3.63, 3.8) is 0 Å². The molecule has 0 aliphatic carbocycles. The molecule has 2 aromatic rings. The molecule has 5 nitrogen and oxygen atoms in total. The van der Waals surface area contributed by atoms with Crippen molar-refractivity contribution in [2.45, 2.75) is 19.9 Å². The Morgan fingerprint density at radius 2 is 2.17 bits per heavy atom. The third kappa shape index (κ3) is 2.98. The largest absolute Gasteiger partial charge is 0.365 e. The summed E-state index contributed by atoms with van der Waals surface area (Å²) in [5.41, 5.74) is 3.59. The van der Waals surface area contributed by atoms with Crippen LogP contribution < -0.4 is 16.6 Å². The summed E-state index contributed by atoms with van der Waals surface area (Å²) in [6.45, 7) is 2.79. The molecule has 2 rings (SSSR count). The van der Waals surface area contributed by atoms with E-state index in [4.69, 9.17) is 5.84 Å². The summed E-state index contributed by atoms with van der Waals surface area (Å²) in [6, 6.07) is 2.09. The van der Waals surface area contributed by atoms with Gasteiger partial charge >= 0.3 is 0 Å². The van der Waals surface area contributed by atoms with Crippen LogP contribution in [0.5, 0.6) is 0 Å². The van der Waals surface area contributed by atoms with E-state index in [1.54, 1.807) is 11.3 Å². The van der Waals surface area contributed by atoms with Gasteiger partial charge in [-0.15, -0.1) is 11.3 Å². The van der Waals surface area contributed by atoms with Crippen molar-refractivity contribution in [1.82, 2.24) is 9.97 Å². The Hall–Kier alpha value is -1.18. The first-order valence-electron chi connectivity index (χ1n) is 5.51. The normalized spacial score (nSPS) is 10.4. The zero-order chi connectivity index (χ0) is 13.0. The number of nitrogen functional groups attached to an aromatic ring is 1. The summed E-state index contributed by atoms with van der Waals surface area (Å²) in [5.74, 6) is 6.93. The number of aromatic nitrogens is 2. The molecule has 0 fully saturated rings. The van der Waals surface area contributed by atoms with E-state index in [1.165, 1.54) is 11.2 Å². The Bertz CT molecular complexity index is 528. The third-order valence-corrected chi connectivity index (χ3v) is 4.19. The number of hydrazine groups is 1. The molecule has 0 unspecified atom stereocenters. The average molecular weight is 328 g/mol. The first kappa shape index (κ1) is 13.3. The quantitative estimate of drug-likeness (QED) is 0.581. The van der Waals surface area contributed by atoms with E-state index in [0.717, 1.165) is 28.8 Å². The van der Waals surface area contributed by atoms with Crippen LogP contribution >= 0.6 is 27.3 Å². The van der Waals surface area contributed by atoms with Gasteiger partial charge in [0.25, 0.3) is 0 Å². The topological polar surface area (TPSA) is 75.9 Å². The van der Waals surface area contributed by atoms with E-state index in [-0.39, 0.29) is 0 Å². The Morgan fingerprint density at radius 1 is 1.39 bits per heavy atom. The van der Waals surface area contributed by atoms with Crippen molar-refractivity contribution in [3.8, 4) is 0 Å². The lowest BCUT2D eigenvalue weighted by molar-refractivity contribution is 1.01. The maximum absolute atomic E-state index is 5.43. The minimum absolute atomic E-state index is 0.669. The van der Waals surface area contributed by atoms with Crippen molar-refractivity contribution < 1.29 is 0 Å². The van der Waals surface area contributed by atoms with Gasteiger partial charge in [-0.1, -0.05) is 6.92 Å². The molecule has 0 aliphatic rings. The van der Waals surface area contributed by atoms with Crippen molar-refractivity contribution in [3.05, 3.63) is 32.7 Å². The van der Waals surface area contributed by atoms with E-state index in [2.05, 4.69) is 48.1 Å². The number of hydrogen-bond acceptors (Lipinski definition) is 6. The van der Waals surface area contributed by atoms with Crippen LogP contribution in [0.4, 0.5) is 11.6 Å². The fourth-order valence-corrected chi connectivity index (χ4v) is 3.03. The van der Waals surface area contributed by atoms with Gasteiger partial charge in [-0.25, -0.2) is 15.8 Å². The summed E-state index contributed by atoms with van der Waals surface area (Å²) in [5, 5.41) is 5.37. The van der Waals surface area contributed by atoms with Gasteiger partial charge in [0.15, 0.2) is 0 Å². The molecule has 0 saturated heterocycles. The van der Waals surface area contributed by atoms with E-state index < -0.39 is 0 Å². The molecule has 96 valence electrons. The fourth-order valence-electron chi connectivity index (χ4n) is 1.64. The molecule has 0 saturated carbocycles. The monoisotopic (exact) mass is 327 g/mol. The summed E-state index contributed by atoms with van der Waals surface area (Å²) < 4.78 is 1.10. The molecular weight excluding hydrogens is 314 g/mol. The average Bonchev–Trinajstić information content (AvgIpc) is 2.81. The van der Waals surface area contributed by atoms with Crippen molar-refractivity contribution >= 4 is 38.9 Å². The number of anilines is 2. The lowest BCUT2D eigenvalue weighted by Crippen LogP contribution is -2.13. The lowest BCUT2D eigenvalue weighted by atomic mass is 10.2. The molecule has 2 heterocycles. The fraction of sp³-hybridized carbons (Fsp3) is 0.273. The Kier molecular flexibility index (Phi) is 4.51. The van der Waals surface area contributed by atoms with Crippen LogP contribution in [0.1, 0.15) is 17.4 Å². The molecular formula is C11H14BrN5S. The van der Waals surface area contributed by atoms with E-state index >= 15 is 0 Å². The maximum atomic E-state index is 5.43. The molecule has 0 bridgehead atoms. The van der Waals surface area contributed by atoms with Crippen LogP contribution in [0.15, 0.2) is 22.2 Å². The standard InChI is InChI=1S/C11H14BrN5S/c1-2-9-10(15-6-16-11(9)17-13)14-4-8-3-7(12)5-18-8/h3,5-6H,2,4,13H2,1H3,(H2,14,15,16,17). The zero-order valence-corrected chi connectivity index (χ0v) is 12.3. The van der Waals surface area contributed by atoms with Crippen LogP contribution in [-0.2, 0) is 13.0 Å². The second-order valence-corrected chi connectivity index (χ2v) is 5.54. The minimum Gasteiger partial charge on any atom is -0.365 e. The molecule has 0 atom stereocenters. The number of nitrogens with one attached hydrogen (secondary N) is 2.